The first kappa shape index (κ1) is 18.6. The second-order valence-electron chi connectivity index (χ2n) is 5.38. The molecular formula is C18H16N4O3S2. The Hall–Kier alpha value is -3.17. The predicted molar refractivity (Wildman–Crippen MR) is 105 cm³/mol. The molecule has 7 nitrogen and oxygen atoms in total. The molecule has 0 unspecified atom stereocenters. The number of rotatable bonds is 7. The van der Waals surface area contributed by atoms with Crippen LogP contribution in [0.25, 0.3) is 5.70 Å². The minimum atomic E-state index is -3.76. The lowest BCUT2D eigenvalue weighted by Crippen LogP contribution is -2.36. The lowest BCUT2D eigenvalue weighted by Gasteiger charge is -2.14. The molecule has 2 aromatic heterocycles. The van der Waals surface area contributed by atoms with Gasteiger partial charge in [0.1, 0.15) is 4.21 Å². The van der Waals surface area contributed by atoms with Crippen molar-refractivity contribution in [3.8, 4) is 0 Å². The molecule has 0 saturated heterocycles. The van der Waals surface area contributed by atoms with Crippen molar-refractivity contribution in [2.75, 3.05) is 4.72 Å². The Kier molecular flexibility index (Phi) is 5.53. The molecule has 27 heavy (non-hydrogen) atoms. The van der Waals surface area contributed by atoms with Gasteiger partial charge in [0, 0.05) is 18.0 Å². The number of sulfonamides is 1. The van der Waals surface area contributed by atoms with Crippen LogP contribution in [0, 0.1) is 0 Å². The van der Waals surface area contributed by atoms with Gasteiger partial charge in [0.15, 0.2) is 0 Å². The third-order valence-electron chi connectivity index (χ3n) is 3.51. The number of thiophene rings is 1. The van der Waals surface area contributed by atoms with E-state index >= 15 is 0 Å². The van der Waals surface area contributed by atoms with Gasteiger partial charge in [0.25, 0.3) is 15.9 Å². The van der Waals surface area contributed by atoms with Crippen LogP contribution in [-0.4, -0.2) is 19.3 Å². The van der Waals surface area contributed by atoms with Gasteiger partial charge < -0.3 is 0 Å². The summed E-state index contributed by atoms with van der Waals surface area (Å²) >= 11 is 1.09. The monoisotopic (exact) mass is 400 g/mol. The van der Waals surface area contributed by atoms with Crippen molar-refractivity contribution >= 4 is 38.7 Å². The average Bonchev–Trinajstić information content (AvgIpc) is 3.22. The molecule has 3 aromatic rings. The smallest absolute Gasteiger partial charge is 0.271 e. The highest BCUT2D eigenvalue weighted by Gasteiger charge is 2.19. The van der Waals surface area contributed by atoms with Gasteiger partial charge in [-0.3, -0.25) is 25.4 Å². The maximum absolute atomic E-state index is 12.5. The van der Waals surface area contributed by atoms with Crippen molar-refractivity contribution in [3.63, 3.8) is 0 Å². The van der Waals surface area contributed by atoms with Crippen LogP contribution in [0.1, 0.15) is 15.9 Å². The zero-order valence-electron chi connectivity index (χ0n) is 14.0. The fourth-order valence-corrected chi connectivity index (χ4v) is 4.27. The molecule has 3 rings (SSSR count). The third-order valence-corrected chi connectivity index (χ3v) is 6.28. The number of nitrogens with zero attached hydrogens (tertiary/aromatic N) is 1. The second kappa shape index (κ2) is 8.02. The number of amides is 1. The van der Waals surface area contributed by atoms with Crippen molar-refractivity contribution in [3.05, 3.63) is 84.0 Å². The van der Waals surface area contributed by atoms with E-state index in [2.05, 4.69) is 27.1 Å². The van der Waals surface area contributed by atoms with Crippen molar-refractivity contribution in [1.82, 2.24) is 15.8 Å². The van der Waals surface area contributed by atoms with E-state index in [1.54, 1.807) is 48.1 Å². The van der Waals surface area contributed by atoms with Crippen molar-refractivity contribution in [2.24, 2.45) is 0 Å². The first-order chi connectivity index (χ1) is 13.0. The fourth-order valence-electron chi connectivity index (χ4n) is 2.19. The zero-order valence-corrected chi connectivity index (χ0v) is 15.7. The number of hydrogen-bond donors (Lipinski definition) is 3. The van der Waals surface area contributed by atoms with E-state index < -0.39 is 15.9 Å². The number of hydrazine groups is 1. The van der Waals surface area contributed by atoms with Crippen molar-refractivity contribution in [1.29, 1.82) is 0 Å². The Bertz CT molecular complexity index is 1050. The van der Waals surface area contributed by atoms with Crippen LogP contribution in [0.3, 0.4) is 0 Å². The second-order valence-corrected chi connectivity index (χ2v) is 8.24. The summed E-state index contributed by atoms with van der Waals surface area (Å²) in [4.78, 5) is 16.5. The molecule has 2 heterocycles. The molecule has 3 N–H and O–H groups in total. The van der Waals surface area contributed by atoms with Gasteiger partial charge in [-0.1, -0.05) is 24.8 Å². The summed E-state index contributed by atoms with van der Waals surface area (Å²) in [6, 6.07) is 13.0. The molecule has 1 aromatic carbocycles. The van der Waals surface area contributed by atoms with Crippen LogP contribution in [0.5, 0.6) is 0 Å². The molecule has 0 aliphatic heterocycles. The van der Waals surface area contributed by atoms with E-state index in [0.29, 0.717) is 11.3 Å². The fraction of sp³-hybridized carbons (Fsp3) is 0. The Morgan fingerprint density at radius 2 is 1.85 bits per heavy atom. The lowest BCUT2D eigenvalue weighted by molar-refractivity contribution is 0.0943. The maximum atomic E-state index is 12.5. The SMILES string of the molecule is C=C(NNC(=O)c1ccccc1NS(=O)(=O)c1cccs1)c1cccnc1. The van der Waals surface area contributed by atoms with Crippen LogP contribution < -0.4 is 15.6 Å². The van der Waals surface area contributed by atoms with E-state index in [1.807, 2.05) is 0 Å². The summed E-state index contributed by atoms with van der Waals surface area (Å²) in [5, 5.41) is 1.67. The van der Waals surface area contributed by atoms with Gasteiger partial charge in [-0.05, 0) is 35.7 Å². The quantitative estimate of drug-likeness (QED) is 0.530. The summed E-state index contributed by atoms with van der Waals surface area (Å²) < 4.78 is 27.5. The first-order valence-electron chi connectivity index (χ1n) is 7.78. The number of carbonyl (C=O) groups is 1. The zero-order chi connectivity index (χ0) is 19.3. The van der Waals surface area contributed by atoms with E-state index in [1.165, 1.54) is 18.2 Å². The minimum Gasteiger partial charge on any atom is -0.298 e. The molecule has 9 heteroatoms. The van der Waals surface area contributed by atoms with Crippen LogP contribution in [0.4, 0.5) is 5.69 Å². The molecule has 0 aliphatic carbocycles. The Morgan fingerprint density at radius 1 is 1.04 bits per heavy atom. The molecule has 0 spiro atoms. The van der Waals surface area contributed by atoms with Crippen molar-refractivity contribution < 1.29 is 13.2 Å². The summed E-state index contributed by atoms with van der Waals surface area (Å²) in [5.74, 6) is -0.510. The largest absolute Gasteiger partial charge is 0.298 e. The van der Waals surface area contributed by atoms with Crippen LogP contribution in [0.2, 0.25) is 0 Å². The highest BCUT2D eigenvalue weighted by Crippen LogP contribution is 2.22. The molecule has 1 amide bonds. The summed E-state index contributed by atoms with van der Waals surface area (Å²) in [5.41, 5.74) is 6.73. The first-order valence-corrected chi connectivity index (χ1v) is 10.1. The summed E-state index contributed by atoms with van der Waals surface area (Å²) in [6.07, 6.45) is 3.23. The molecule has 0 bridgehead atoms. The maximum Gasteiger partial charge on any atom is 0.271 e. The number of hydrogen-bond acceptors (Lipinski definition) is 6. The highest BCUT2D eigenvalue weighted by molar-refractivity contribution is 7.94. The van der Waals surface area contributed by atoms with E-state index in [4.69, 9.17) is 0 Å². The molecule has 0 atom stereocenters. The van der Waals surface area contributed by atoms with Gasteiger partial charge in [0.05, 0.1) is 16.9 Å². The molecule has 0 radical (unpaired) electrons. The van der Waals surface area contributed by atoms with Crippen molar-refractivity contribution in [2.45, 2.75) is 4.21 Å². The summed E-state index contributed by atoms with van der Waals surface area (Å²) in [6.45, 7) is 3.83. The minimum absolute atomic E-state index is 0.167. The van der Waals surface area contributed by atoms with Gasteiger partial charge in [-0.15, -0.1) is 11.3 Å². The molecule has 0 fully saturated rings. The standard InChI is InChI=1S/C18H16N4O3S2/c1-13(14-6-4-10-19-12-14)20-21-18(23)15-7-2-3-8-16(15)22-27(24,25)17-9-5-11-26-17/h2-12,20,22H,1H2,(H,21,23). The normalized spacial score (nSPS) is 10.8. The number of anilines is 1. The van der Waals surface area contributed by atoms with Crippen LogP contribution in [-0.2, 0) is 10.0 Å². The molecular weight excluding hydrogens is 384 g/mol. The Morgan fingerprint density at radius 3 is 2.56 bits per heavy atom. The Labute approximate surface area is 160 Å². The number of nitrogens with one attached hydrogen (secondary N) is 3. The average molecular weight is 400 g/mol. The van der Waals surface area contributed by atoms with E-state index in [0.717, 1.165) is 11.3 Å². The van der Waals surface area contributed by atoms with Gasteiger partial charge in [0.2, 0.25) is 0 Å². The van der Waals surface area contributed by atoms with E-state index in [9.17, 15) is 13.2 Å². The van der Waals surface area contributed by atoms with E-state index in [-0.39, 0.29) is 15.5 Å². The molecule has 0 saturated carbocycles. The lowest BCUT2D eigenvalue weighted by atomic mass is 10.2. The van der Waals surface area contributed by atoms with Gasteiger partial charge >= 0.3 is 0 Å². The van der Waals surface area contributed by atoms with Gasteiger partial charge in [-0.2, -0.15) is 0 Å². The molecule has 138 valence electrons. The number of pyridine rings is 1. The number of benzene rings is 1. The Balaban J connectivity index is 1.73. The topological polar surface area (TPSA) is 100 Å². The number of aromatic nitrogens is 1. The predicted octanol–water partition coefficient (Wildman–Crippen LogP) is 2.85. The number of carbonyl (C=O) groups excluding carboxylic acids is 1. The highest BCUT2D eigenvalue weighted by atomic mass is 32.2. The molecule has 0 aliphatic rings. The summed E-state index contributed by atoms with van der Waals surface area (Å²) in [7, 11) is -3.76. The van der Waals surface area contributed by atoms with Crippen LogP contribution >= 0.6 is 11.3 Å². The van der Waals surface area contributed by atoms with Gasteiger partial charge in [-0.25, -0.2) is 8.42 Å². The third kappa shape index (κ3) is 4.52. The van der Waals surface area contributed by atoms with Crippen LogP contribution in [0.15, 0.2) is 77.1 Å². The number of para-hydroxylation sites is 1.